The van der Waals surface area contributed by atoms with Gasteiger partial charge in [-0.3, -0.25) is 9.78 Å². The van der Waals surface area contributed by atoms with Crippen molar-refractivity contribution in [3.8, 4) is 11.1 Å². The Hall–Kier alpha value is -2.36. The van der Waals surface area contributed by atoms with Crippen LogP contribution in [0.1, 0.15) is 5.69 Å². The molecule has 0 saturated heterocycles. The number of nitrogens with two attached hydrogens (primary N) is 1. The van der Waals surface area contributed by atoms with Gasteiger partial charge in [0.05, 0.1) is 24.0 Å². The smallest absolute Gasteiger partial charge is 0.309 e. The molecule has 0 aliphatic carbocycles. The lowest BCUT2D eigenvalue weighted by Gasteiger charge is -2.08. The summed E-state index contributed by atoms with van der Waals surface area (Å²) in [5.41, 5.74) is 8.43. The van der Waals surface area contributed by atoms with Crippen molar-refractivity contribution in [3.05, 3.63) is 48.3 Å². The highest BCUT2D eigenvalue weighted by Crippen LogP contribution is 2.24. The summed E-state index contributed by atoms with van der Waals surface area (Å²) in [6, 6.07) is 11.2. The molecule has 0 amide bonds. The van der Waals surface area contributed by atoms with Gasteiger partial charge in [0.25, 0.3) is 0 Å². The number of anilines is 1. The van der Waals surface area contributed by atoms with Crippen molar-refractivity contribution in [1.82, 2.24) is 4.98 Å². The molecular formula is C13H12N2O2. The fraction of sp³-hybridized carbons (Fsp3) is 0.0769. The van der Waals surface area contributed by atoms with Gasteiger partial charge in [0, 0.05) is 5.56 Å². The normalized spacial score (nSPS) is 10.1. The second-order valence-corrected chi connectivity index (χ2v) is 3.70. The first kappa shape index (κ1) is 11.1. The van der Waals surface area contributed by atoms with Crippen LogP contribution in [0.2, 0.25) is 0 Å². The average molecular weight is 228 g/mol. The van der Waals surface area contributed by atoms with Gasteiger partial charge in [-0.15, -0.1) is 0 Å². The molecule has 0 atom stereocenters. The number of carboxylic acid groups (broad SMARTS) is 1. The summed E-state index contributed by atoms with van der Waals surface area (Å²) in [5.74, 6) is -0.903. The van der Waals surface area contributed by atoms with E-state index in [-0.39, 0.29) is 6.42 Å². The van der Waals surface area contributed by atoms with Crippen molar-refractivity contribution in [2.45, 2.75) is 6.42 Å². The Morgan fingerprint density at radius 3 is 2.65 bits per heavy atom. The SMILES string of the molecule is Nc1cnc(CC(=O)O)c(-c2ccccc2)c1. The minimum Gasteiger partial charge on any atom is -0.481 e. The van der Waals surface area contributed by atoms with Crippen molar-refractivity contribution in [1.29, 1.82) is 0 Å². The highest BCUT2D eigenvalue weighted by molar-refractivity contribution is 5.76. The Kier molecular flexibility index (Phi) is 3.05. The molecule has 2 rings (SSSR count). The zero-order chi connectivity index (χ0) is 12.3. The van der Waals surface area contributed by atoms with Crippen LogP contribution in [-0.2, 0) is 11.2 Å². The summed E-state index contributed by atoms with van der Waals surface area (Å²) in [7, 11) is 0. The van der Waals surface area contributed by atoms with E-state index < -0.39 is 5.97 Å². The van der Waals surface area contributed by atoms with Crippen LogP contribution in [-0.4, -0.2) is 16.1 Å². The lowest BCUT2D eigenvalue weighted by Crippen LogP contribution is -2.05. The predicted molar refractivity (Wildman–Crippen MR) is 65.4 cm³/mol. The number of carboxylic acids is 1. The van der Waals surface area contributed by atoms with Gasteiger partial charge in [-0.05, 0) is 11.6 Å². The first-order chi connectivity index (χ1) is 8.16. The molecule has 0 saturated carbocycles. The van der Waals surface area contributed by atoms with Crippen LogP contribution in [0.15, 0.2) is 42.6 Å². The number of nitrogen functional groups attached to an aromatic ring is 1. The lowest BCUT2D eigenvalue weighted by molar-refractivity contribution is -0.136. The van der Waals surface area contributed by atoms with Crippen LogP contribution in [0.4, 0.5) is 5.69 Å². The molecule has 1 aromatic carbocycles. The van der Waals surface area contributed by atoms with Crippen LogP contribution in [0.25, 0.3) is 11.1 Å². The largest absolute Gasteiger partial charge is 0.481 e. The van der Waals surface area contributed by atoms with E-state index in [9.17, 15) is 4.79 Å². The molecule has 1 aromatic heterocycles. The van der Waals surface area contributed by atoms with E-state index in [1.165, 1.54) is 6.20 Å². The van der Waals surface area contributed by atoms with E-state index in [1.807, 2.05) is 30.3 Å². The summed E-state index contributed by atoms with van der Waals surface area (Å²) >= 11 is 0. The quantitative estimate of drug-likeness (QED) is 0.841. The Morgan fingerprint density at radius 2 is 2.00 bits per heavy atom. The Morgan fingerprint density at radius 1 is 1.29 bits per heavy atom. The molecule has 0 radical (unpaired) electrons. The Labute approximate surface area is 98.7 Å². The van der Waals surface area contributed by atoms with Crippen molar-refractivity contribution < 1.29 is 9.90 Å². The predicted octanol–water partition coefficient (Wildman–Crippen LogP) is 1.96. The van der Waals surface area contributed by atoms with E-state index in [4.69, 9.17) is 10.8 Å². The van der Waals surface area contributed by atoms with Gasteiger partial charge in [0.2, 0.25) is 0 Å². The summed E-state index contributed by atoms with van der Waals surface area (Å²) in [5, 5.41) is 8.84. The molecule has 0 spiro atoms. The Balaban J connectivity index is 2.51. The molecule has 4 heteroatoms. The summed E-state index contributed by atoms with van der Waals surface area (Å²) < 4.78 is 0. The maximum atomic E-state index is 10.8. The average Bonchev–Trinajstić information content (AvgIpc) is 2.32. The molecule has 86 valence electrons. The van der Waals surface area contributed by atoms with Gasteiger partial charge >= 0.3 is 5.97 Å². The number of pyridine rings is 1. The minimum atomic E-state index is -0.903. The van der Waals surface area contributed by atoms with E-state index in [2.05, 4.69) is 4.98 Å². The number of rotatable bonds is 3. The number of benzene rings is 1. The third-order valence-electron chi connectivity index (χ3n) is 2.39. The molecule has 0 aliphatic rings. The number of hydrogen-bond donors (Lipinski definition) is 2. The lowest BCUT2D eigenvalue weighted by atomic mass is 10.0. The fourth-order valence-electron chi connectivity index (χ4n) is 1.66. The van der Waals surface area contributed by atoms with Crippen molar-refractivity contribution in [2.24, 2.45) is 0 Å². The molecule has 2 aromatic rings. The molecule has 0 unspecified atom stereocenters. The number of aromatic nitrogens is 1. The molecule has 1 heterocycles. The Bertz CT molecular complexity index is 538. The molecule has 3 N–H and O–H groups in total. The molecule has 4 nitrogen and oxygen atoms in total. The van der Waals surface area contributed by atoms with Crippen molar-refractivity contribution >= 4 is 11.7 Å². The maximum absolute atomic E-state index is 10.8. The standard InChI is InChI=1S/C13H12N2O2/c14-10-6-11(9-4-2-1-3-5-9)12(15-8-10)7-13(16)17/h1-6,8H,7,14H2,(H,16,17). The molecule has 0 fully saturated rings. The van der Waals surface area contributed by atoms with E-state index >= 15 is 0 Å². The highest BCUT2D eigenvalue weighted by Gasteiger charge is 2.10. The molecular weight excluding hydrogens is 216 g/mol. The van der Waals surface area contributed by atoms with Gasteiger partial charge in [-0.2, -0.15) is 0 Å². The van der Waals surface area contributed by atoms with Gasteiger partial charge < -0.3 is 10.8 Å². The second-order valence-electron chi connectivity index (χ2n) is 3.70. The molecule has 0 aliphatic heterocycles. The van der Waals surface area contributed by atoms with Gasteiger partial charge in [-0.1, -0.05) is 30.3 Å². The highest BCUT2D eigenvalue weighted by atomic mass is 16.4. The monoisotopic (exact) mass is 228 g/mol. The summed E-state index contributed by atoms with van der Waals surface area (Å²) in [6.07, 6.45) is 1.37. The first-order valence-electron chi connectivity index (χ1n) is 5.18. The van der Waals surface area contributed by atoms with Gasteiger partial charge in [0.1, 0.15) is 0 Å². The number of hydrogen-bond acceptors (Lipinski definition) is 3. The minimum absolute atomic E-state index is 0.107. The van der Waals surface area contributed by atoms with Crippen LogP contribution in [0.3, 0.4) is 0 Å². The molecule has 17 heavy (non-hydrogen) atoms. The molecule has 0 bridgehead atoms. The van der Waals surface area contributed by atoms with Gasteiger partial charge in [0.15, 0.2) is 0 Å². The zero-order valence-corrected chi connectivity index (χ0v) is 9.13. The summed E-state index contributed by atoms with van der Waals surface area (Å²) in [4.78, 5) is 14.9. The third-order valence-corrected chi connectivity index (χ3v) is 2.39. The van der Waals surface area contributed by atoms with Crippen LogP contribution < -0.4 is 5.73 Å². The number of aliphatic carboxylic acids is 1. The van der Waals surface area contributed by atoms with E-state index in [0.717, 1.165) is 11.1 Å². The fourth-order valence-corrected chi connectivity index (χ4v) is 1.66. The first-order valence-corrected chi connectivity index (χ1v) is 5.18. The second kappa shape index (κ2) is 4.65. The topological polar surface area (TPSA) is 76.2 Å². The van der Waals surface area contributed by atoms with Crippen molar-refractivity contribution in [2.75, 3.05) is 5.73 Å². The number of nitrogens with zero attached hydrogens (tertiary/aromatic N) is 1. The third kappa shape index (κ3) is 2.60. The summed E-state index contributed by atoms with van der Waals surface area (Å²) in [6.45, 7) is 0. The van der Waals surface area contributed by atoms with Crippen LogP contribution >= 0.6 is 0 Å². The zero-order valence-electron chi connectivity index (χ0n) is 9.13. The number of carbonyl (C=O) groups is 1. The van der Waals surface area contributed by atoms with Gasteiger partial charge in [-0.25, -0.2) is 0 Å². The van der Waals surface area contributed by atoms with Crippen LogP contribution in [0.5, 0.6) is 0 Å². The maximum Gasteiger partial charge on any atom is 0.309 e. The van der Waals surface area contributed by atoms with E-state index in [1.54, 1.807) is 6.07 Å². The van der Waals surface area contributed by atoms with Crippen molar-refractivity contribution in [3.63, 3.8) is 0 Å². The van der Waals surface area contributed by atoms with E-state index in [0.29, 0.717) is 11.4 Å². The van der Waals surface area contributed by atoms with Crippen LogP contribution in [0, 0.1) is 0 Å².